The molecule has 0 aromatic heterocycles. The van der Waals surface area contributed by atoms with Crippen LogP contribution in [-0.4, -0.2) is 33.7 Å². The van der Waals surface area contributed by atoms with Crippen LogP contribution in [0.4, 0.5) is 0 Å². The Labute approximate surface area is 123 Å². The fourth-order valence-corrected chi connectivity index (χ4v) is 5.39. The van der Waals surface area contributed by atoms with Crippen molar-refractivity contribution in [1.29, 1.82) is 0 Å². The zero-order chi connectivity index (χ0) is 15.0. The molecule has 0 saturated heterocycles. The van der Waals surface area contributed by atoms with Crippen molar-refractivity contribution in [3.63, 3.8) is 0 Å². The first-order valence-electron chi connectivity index (χ1n) is 5.95. The molecule has 1 aromatic rings. The van der Waals surface area contributed by atoms with E-state index in [2.05, 4.69) is 6.58 Å². The van der Waals surface area contributed by atoms with E-state index in [-0.39, 0.29) is 17.5 Å². The second-order valence-electron chi connectivity index (χ2n) is 4.48. The van der Waals surface area contributed by atoms with Crippen molar-refractivity contribution in [3.8, 4) is 0 Å². The fraction of sp³-hybridized carbons (Fsp3) is 0.333. The number of rotatable bonds is 6. The maximum Gasteiger partial charge on any atom is 0.262 e. The first-order valence-corrected chi connectivity index (χ1v) is 9.70. The van der Waals surface area contributed by atoms with E-state index in [4.69, 9.17) is 10.7 Å². The smallest absolute Gasteiger partial charge is 0.207 e. The third-order valence-electron chi connectivity index (χ3n) is 2.96. The summed E-state index contributed by atoms with van der Waals surface area (Å²) < 4.78 is 49.6. The summed E-state index contributed by atoms with van der Waals surface area (Å²) in [6.45, 7) is 3.68. The van der Waals surface area contributed by atoms with Crippen LogP contribution in [0.15, 0.2) is 46.7 Å². The molecular weight excluding hydrogens is 322 g/mol. The van der Waals surface area contributed by atoms with Gasteiger partial charge in [0.2, 0.25) is 10.0 Å². The number of hydrogen-bond donors (Lipinski definition) is 0. The molecule has 0 bridgehead atoms. The van der Waals surface area contributed by atoms with E-state index in [9.17, 15) is 16.8 Å². The third-order valence-corrected chi connectivity index (χ3v) is 6.45. The largest absolute Gasteiger partial charge is 0.262 e. The van der Waals surface area contributed by atoms with E-state index in [1.807, 2.05) is 0 Å². The van der Waals surface area contributed by atoms with Gasteiger partial charge in [0.25, 0.3) is 9.05 Å². The number of nitrogens with zero attached hydrogens (tertiary/aromatic N) is 1. The Morgan fingerprint density at radius 2 is 1.75 bits per heavy atom. The van der Waals surface area contributed by atoms with Gasteiger partial charge in [0.1, 0.15) is 9.79 Å². The highest BCUT2D eigenvalue weighted by molar-refractivity contribution is 8.14. The second-order valence-corrected chi connectivity index (χ2v) is 8.87. The molecule has 110 valence electrons. The molecule has 8 heteroatoms. The van der Waals surface area contributed by atoms with Crippen molar-refractivity contribution in [2.75, 3.05) is 6.54 Å². The Bertz CT molecular complexity index is 724. The van der Waals surface area contributed by atoms with Gasteiger partial charge in [-0.15, -0.1) is 6.58 Å². The van der Waals surface area contributed by atoms with Crippen LogP contribution < -0.4 is 0 Å². The maximum absolute atomic E-state index is 12.6. The van der Waals surface area contributed by atoms with Gasteiger partial charge in [0, 0.05) is 23.3 Å². The number of hydrogen-bond acceptors (Lipinski definition) is 4. The average molecular weight is 336 g/mol. The van der Waals surface area contributed by atoms with Crippen LogP contribution in [-0.2, 0) is 19.1 Å². The highest BCUT2D eigenvalue weighted by atomic mass is 35.7. The van der Waals surface area contributed by atoms with Crippen molar-refractivity contribution in [2.24, 2.45) is 0 Å². The molecule has 1 aliphatic carbocycles. The molecule has 0 atom stereocenters. The normalized spacial score (nSPS) is 16.3. The summed E-state index contributed by atoms with van der Waals surface area (Å²) in [5.41, 5.74) is 0. The standard InChI is InChI=1S/C12H14ClNO4S2/c1-2-9-14(10-7-8-10)20(17,18)12-6-4-3-5-11(12)19(13,15)16/h2-6,10H,1,7-9H2. The lowest BCUT2D eigenvalue weighted by Crippen LogP contribution is -2.34. The van der Waals surface area contributed by atoms with Gasteiger partial charge >= 0.3 is 0 Å². The summed E-state index contributed by atoms with van der Waals surface area (Å²) in [6, 6.07) is 5.25. The lowest BCUT2D eigenvalue weighted by Gasteiger charge is -2.21. The zero-order valence-electron chi connectivity index (χ0n) is 10.6. The van der Waals surface area contributed by atoms with Gasteiger partial charge in [-0.25, -0.2) is 16.8 Å². The minimum atomic E-state index is -4.13. The van der Waals surface area contributed by atoms with E-state index in [0.717, 1.165) is 12.8 Å². The summed E-state index contributed by atoms with van der Waals surface area (Å²) in [4.78, 5) is -0.680. The summed E-state index contributed by atoms with van der Waals surface area (Å²) in [5.74, 6) is 0. The van der Waals surface area contributed by atoms with Crippen LogP contribution in [0.25, 0.3) is 0 Å². The lowest BCUT2D eigenvalue weighted by atomic mass is 10.4. The van der Waals surface area contributed by atoms with Crippen LogP contribution in [0.2, 0.25) is 0 Å². The molecule has 0 aliphatic heterocycles. The highest BCUT2D eigenvalue weighted by Crippen LogP contribution is 2.34. The van der Waals surface area contributed by atoms with E-state index < -0.39 is 24.0 Å². The van der Waals surface area contributed by atoms with Crippen LogP contribution >= 0.6 is 10.7 Å². The molecular formula is C12H14ClNO4S2. The van der Waals surface area contributed by atoms with Crippen LogP contribution in [0.5, 0.6) is 0 Å². The SMILES string of the molecule is C=CCN(C1CC1)S(=O)(=O)c1ccccc1S(=O)(=O)Cl. The first-order chi connectivity index (χ1) is 9.28. The number of halogens is 1. The lowest BCUT2D eigenvalue weighted by molar-refractivity contribution is 0.434. The summed E-state index contributed by atoms with van der Waals surface area (Å²) in [7, 11) is -2.73. The monoisotopic (exact) mass is 335 g/mol. The van der Waals surface area contributed by atoms with Gasteiger partial charge in [-0.3, -0.25) is 0 Å². The Morgan fingerprint density at radius 1 is 1.20 bits per heavy atom. The van der Waals surface area contributed by atoms with E-state index >= 15 is 0 Å². The molecule has 1 fully saturated rings. The van der Waals surface area contributed by atoms with Gasteiger partial charge in [-0.2, -0.15) is 4.31 Å². The van der Waals surface area contributed by atoms with Gasteiger partial charge in [0.05, 0.1) is 0 Å². The van der Waals surface area contributed by atoms with Crippen LogP contribution in [0, 0.1) is 0 Å². The third kappa shape index (κ3) is 3.06. The Morgan fingerprint density at radius 3 is 2.20 bits per heavy atom. The van der Waals surface area contributed by atoms with Crippen molar-refractivity contribution in [1.82, 2.24) is 4.31 Å². The topological polar surface area (TPSA) is 71.5 Å². The molecule has 0 spiro atoms. The predicted molar refractivity (Wildman–Crippen MR) is 76.6 cm³/mol. The van der Waals surface area contributed by atoms with Crippen LogP contribution in [0.1, 0.15) is 12.8 Å². The minimum absolute atomic E-state index is 0.0934. The molecule has 20 heavy (non-hydrogen) atoms. The minimum Gasteiger partial charge on any atom is -0.207 e. The van der Waals surface area contributed by atoms with Gasteiger partial charge in [0.15, 0.2) is 0 Å². The van der Waals surface area contributed by atoms with Gasteiger partial charge < -0.3 is 0 Å². The van der Waals surface area contributed by atoms with E-state index in [1.165, 1.54) is 34.6 Å². The van der Waals surface area contributed by atoms with Gasteiger partial charge in [-0.1, -0.05) is 18.2 Å². The van der Waals surface area contributed by atoms with Gasteiger partial charge in [-0.05, 0) is 25.0 Å². The average Bonchev–Trinajstić information content (AvgIpc) is 3.19. The summed E-state index contributed by atoms with van der Waals surface area (Å²) >= 11 is 0. The molecule has 5 nitrogen and oxygen atoms in total. The molecule has 0 heterocycles. The van der Waals surface area contributed by atoms with Crippen molar-refractivity contribution in [2.45, 2.75) is 28.7 Å². The molecule has 1 saturated carbocycles. The molecule has 0 unspecified atom stereocenters. The Kier molecular flexibility index (Phi) is 4.24. The van der Waals surface area contributed by atoms with E-state index in [0.29, 0.717) is 0 Å². The quantitative estimate of drug-likeness (QED) is 0.588. The molecule has 1 aliphatic rings. The van der Waals surface area contributed by atoms with Crippen molar-refractivity contribution >= 4 is 29.8 Å². The Balaban J connectivity index is 2.57. The number of benzene rings is 1. The fourth-order valence-electron chi connectivity index (χ4n) is 1.92. The first kappa shape index (κ1) is 15.5. The predicted octanol–water partition coefficient (Wildman–Crippen LogP) is 1.95. The molecule has 1 aromatic carbocycles. The zero-order valence-corrected chi connectivity index (χ0v) is 13.0. The van der Waals surface area contributed by atoms with Crippen molar-refractivity contribution < 1.29 is 16.8 Å². The van der Waals surface area contributed by atoms with Crippen molar-refractivity contribution in [3.05, 3.63) is 36.9 Å². The summed E-state index contributed by atoms with van der Waals surface area (Å²) in [6.07, 6.45) is 3.01. The number of sulfonamides is 1. The Hall–Kier alpha value is -0.890. The molecule has 0 radical (unpaired) electrons. The molecule has 2 rings (SSSR count). The second kappa shape index (κ2) is 5.48. The maximum atomic E-state index is 12.6. The van der Waals surface area contributed by atoms with Crippen LogP contribution in [0.3, 0.4) is 0 Å². The molecule has 0 amide bonds. The van der Waals surface area contributed by atoms with E-state index in [1.54, 1.807) is 0 Å². The summed E-state index contributed by atoms with van der Waals surface area (Å²) in [5, 5.41) is 0. The highest BCUT2D eigenvalue weighted by Gasteiger charge is 2.39. The molecule has 0 N–H and O–H groups in total.